The average molecular weight is 363 g/mol. The Balaban J connectivity index is 3.35. The topological polar surface area (TPSA) is 46.2 Å². The van der Waals surface area contributed by atoms with Crippen LogP contribution in [-0.2, 0) is 5.60 Å². The molecule has 1 atom stereocenters. The van der Waals surface area contributed by atoms with E-state index in [1.54, 1.807) is 0 Å². The lowest BCUT2D eigenvalue weighted by atomic mass is 9.95. The molecule has 1 rings (SSSR count). The van der Waals surface area contributed by atoms with Gasteiger partial charge in [0.2, 0.25) is 0 Å². The van der Waals surface area contributed by atoms with Gasteiger partial charge in [0.25, 0.3) is 0 Å². The highest BCUT2D eigenvalue weighted by molar-refractivity contribution is 9.11. The number of nitrogens with two attached hydrogens (primary N) is 1. The van der Waals surface area contributed by atoms with Crippen LogP contribution in [0.5, 0.6) is 0 Å². The summed E-state index contributed by atoms with van der Waals surface area (Å²) in [5, 5.41) is 9.45. The van der Waals surface area contributed by atoms with Gasteiger partial charge in [0.15, 0.2) is 5.60 Å². The highest BCUT2D eigenvalue weighted by atomic mass is 79.9. The summed E-state index contributed by atoms with van der Waals surface area (Å²) in [5.74, 6) is 0. The number of halogens is 5. The Kier molecular flexibility index (Phi) is 3.62. The van der Waals surface area contributed by atoms with Crippen molar-refractivity contribution in [3.05, 3.63) is 26.6 Å². The predicted molar refractivity (Wildman–Crippen MR) is 61.9 cm³/mol. The molecule has 0 aliphatic carbocycles. The van der Waals surface area contributed by atoms with E-state index in [1.165, 1.54) is 0 Å². The fourth-order valence-corrected chi connectivity index (χ4v) is 2.22. The van der Waals surface area contributed by atoms with E-state index in [0.717, 1.165) is 12.1 Å². The first kappa shape index (κ1) is 13.8. The number of hydrogen-bond acceptors (Lipinski definition) is 2. The van der Waals surface area contributed by atoms with Crippen molar-refractivity contribution in [2.45, 2.75) is 18.7 Å². The molecule has 90 valence electrons. The van der Waals surface area contributed by atoms with Crippen molar-refractivity contribution in [3.8, 4) is 0 Å². The Morgan fingerprint density at radius 1 is 1.19 bits per heavy atom. The first-order valence-electron chi connectivity index (χ1n) is 4.11. The van der Waals surface area contributed by atoms with Crippen molar-refractivity contribution in [1.82, 2.24) is 0 Å². The summed E-state index contributed by atoms with van der Waals surface area (Å²) in [6.45, 7) is 0.692. The zero-order valence-corrected chi connectivity index (χ0v) is 11.2. The average Bonchev–Trinajstić information content (AvgIpc) is 2.11. The SMILES string of the molecule is CC(O)(c1cc(Br)c(N)c(Br)c1)C(F)(F)F. The standard InChI is InChI=1S/C9H8Br2F3NO/c1-8(16,9(12,13)14)4-2-5(10)7(15)6(11)3-4/h2-3,16H,15H2,1H3. The predicted octanol–water partition coefficient (Wildman–Crippen LogP) is 3.56. The van der Waals surface area contributed by atoms with E-state index in [-0.39, 0.29) is 11.3 Å². The van der Waals surface area contributed by atoms with Crippen molar-refractivity contribution < 1.29 is 18.3 Å². The summed E-state index contributed by atoms with van der Waals surface area (Å²) < 4.78 is 38.3. The third-order valence-electron chi connectivity index (χ3n) is 2.19. The van der Waals surface area contributed by atoms with E-state index in [1.807, 2.05) is 0 Å². The number of benzene rings is 1. The fourth-order valence-electron chi connectivity index (χ4n) is 1.03. The molecule has 0 amide bonds. The number of aliphatic hydroxyl groups is 1. The van der Waals surface area contributed by atoms with E-state index in [2.05, 4.69) is 31.9 Å². The summed E-state index contributed by atoms with van der Waals surface area (Å²) in [4.78, 5) is 0. The van der Waals surface area contributed by atoms with E-state index >= 15 is 0 Å². The molecule has 0 bridgehead atoms. The Labute approximate surface area is 107 Å². The van der Waals surface area contributed by atoms with E-state index in [0.29, 0.717) is 15.9 Å². The lowest BCUT2D eigenvalue weighted by molar-refractivity contribution is -0.258. The molecule has 2 nitrogen and oxygen atoms in total. The van der Waals surface area contributed by atoms with Crippen LogP contribution >= 0.6 is 31.9 Å². The summed E-state index contributed by atoms with van der Waals surface area (Å²) in [7, 11) is 0. The number of anilines is 1. The van der Waals surface area contributed by atoms with Gasteiger partial charge in [-0.25, -0.2) is 0 Å². The van der Waals surface area contributed by atoms with Crippen LogP contribution in [0.4, 0.5) is 18.9 Å². The second-order valence-electron chi connectivity index (χ2n) is 3.42. The lowest BCUT2D eigenvalue weighted by Crippen LogP contribution is -2.39. The number of rotatable bonds is 1. The highest BCUT2D eigenvalue weighted by Gasteiger charge is 2.51. The minimum atomic E-state index is -4.75. The third kappa shape index (κ3) is 2.36. The maximum absolute atomic E-state index is 12.6. The van der Waals surface area contributed by atoms with Crippen molar-refractivity contribution in [2.24, 2.45) is 0 Å². The Morgan fingerprint density at radius 3 is 1.88 bits per heavy atom. The van der Waals surface area contributed by atoms with Gasteiger partial charge in [-0.05, 0) is 56.5 Å². The molecule has 3 N–H and O–H groups in total. The van der Waals surface area contributed by atoms with Crippen LogP contribution in [-0.4, -0.2) is 11.3 Å². The van der Waals surface area contributed by atoms with Crippen LogP contribution in [0.1, 0.15) is 12.5 Å². The summed E-state index contributed by atoms with van der Waals surface area (Å²) in [5.41, 5.74) is 2.63. The van der Waals surface area contributed by atoms with Crippen LogP contribution in [0.3, 0.4) is 0 Å². The molecule has 0 aliphatic heterocycles. The molecule has 1 aromatic carbocycles. The first-order valence-corrected chi connectivity index (χ1v) is 5.70. The zero-order chi connectivity index (χ0) is 12.7. The summed E-state index contributed by atoms with van der Waals surface area (Å²) >= 11 is 6.05. The zero-order valence-electron chi connectivity index (χ0n) is 8.07. The number of hydrogen-bond donors (Lipinski definition) is 2. The van der Waals surface area contributed by atoms with Crippen LogP contribution in [0.25, 0.3) is 0 Å². The highest BCUT2D eigenvalue weighted by Crippen LogP contribution is 2.41. The minimum Gasteiger partial charge on any atom is -0.397 e. The quantitative estimate of drug-likeness (QED) is 0.750. The molecular formula is C9H8Br2F3NO. The van der Waals surface area contributed by atoms with Crippen molar-refractivity contribution in [3.63, 3.8) is 0 Å². The summed E-state index contributed by atoms with van der Waals surface area (Å²) in [6.07, 6.45) is -4.75. The maximum Gasteiger partial charge on any atom is 0.421 e. The fraction of sp³-hybridized carbons (Fsp3) is 0.333. The van der Waals surface area contributed by atoms with Crippen molar-refractivity contribution >= 4 is 37.5 Å². The van der Waals surface area contributed by atoms with Gasteiger partial charge in [-0.15, -0.1) is 0 Å². The second kappa shape index (κ2) is 4.19. The third-order valence-corrected chi connectivity index (χ3v) is 3.51. The van der Waals surface area contributed by atoms with Gasteiger partial charge < -0.3 is 10.8 Å². The van der Waals surface area contributed by atoms with Crippen molar-refractivity contribution in [1.29, 1.82) is 0 Å². The second-order valence-corrected chi connectivity index (χ2v) is 5.13. The van der Waals surface area contributed by atoms with E-state index < -0.39 is 11.8 Å². The van der Waals surface area contributed by atoms with E-state index in [4.69, 9.17) is 5.73 Å². The monoisotopic (exact) mass is 361 g/mol. The molecule has 0 heterocycles. The number of alkyl halides is 3. The van der Waals surface area contributed by atoms with Crippen LogP contribution in [0.15, 0.2) is 21.1 Å². The normalized spacial score (nSPS) is 15.9. The Morgan fingerprint density at radius 2 is 1.56 bits per heavy atom. The van der Waals surface area contributed by atoms with Gasteiger partial charge in [-0.1, -0.05) is 0 Å². The van der Waals surface area contributed by atoms with Gasteiger partial charge in [0.05, 0.1) is 5.69 Å². The Bertz CT molecular complexity index is 395. The van der Waals surface area contributed by atoms with Gasteiger partial charge >= 0.3 is 6.18 Å². The van der Waals surface area contributed by atoms with E-state index in [9.17, 15) is 18.3 Å². The van der Waals surface area contributed by atoms with Gasteiger partial charge in [0.1, 0.15) is 0 Å². The molecule has 0 fully saturated rings. The van der Waals surface area contributed by atoms with Crippen LogP contribution in [0.2, 0.25) is 0 Å². The van der Waals surface area contributed by atoms with Gasteiger partial charge in [0, 0.05) is 8.95 Å². The summed E-state index contributed by atoms with van der Waals surface area (Å²) in [6, 6.07) is 2.29. The molecule has 16 heavy (non-hydrogen) atoms. The molecule has 0 aromatic heterocycles. The number of nitrogen functional groups attached to an aromatic ring is 1. The largest absolute Gasteiger partial charge is 0.421 e. The van der Waals surface area contributed by atoms with Crippen LogP contribution in [0, 0.1) is 0 Å². The first-order chi connectivity index (χ1) is 7.07. The maximum atomic E-state index is 12.6. The molecule has 0 radical (unpaired) electrons. The van der Waals surface area contributed by atoms with Gasteiger partial charge in [-0.3, -0.25) is 0 Å². The minimum absolute atomic E-state index is 0.279. The molecule has 1 unspecified atom stereocenters. The van der Waals surface area contributed by atoms with Crippen molar-refractivity contribution in [2.75, 3.05) is 5.73 Å². The van der Waals surface area contributed by atoms with Gasteiger partial charge in [-0.2, -0.15) is 13.2 Å². The molecular weight excluding hydrogens is 355 g/mol. The lowest BCUT2D eigenvalue weighted by Gasteiger charge is -2.27. The molecule has 1 aromatic rings. The molecule has 0 saturated carbocycles. The molecule has 0 saturated heterocycles. The molecule has 0 aliphatic rings. The smallest absolute Gasteiger partial charge is 0.397 e. The molecule has 0 spiro atoms. The van der Waals surface area contributed by atoms with Crippen LogP contribution < -0.4 is 5.73 Å². The molecule has 7 heteroatoms. The Hall–Kier alpha value is -0.270.